The number of benzene rings is 1. The molecule has 0 radical (unpaired) electrons. The Morgan fingerprint density at radius 3 is 2.93 bits per heavy atom. The van der Waals surface area contributed by atoms with Gasteiger partial charge in [-0.05, 0) is 17.7 Å². The number of hydrogen-bond acceptors (Lipinski definition) is 3. The summed E-state index contributed by atoms with van der Waals surface area (Å²) < 4.78 is 0.943. The van der Waals surface area contributed by atoms with Gasteiger partial charge in [0.25, 0.3) is 0 Å². The molecule has 1 N–H and O–H groups in total. The van der Waals surface area contributed by atoms with Crippen molar-refractivity contribution in [3.05, 3.63) is 33.7 Å². The molecule has 0 atom stereocenters. The van der Waals surface area contributed by atoms with Gasteiger partial charge >= 0.3 is 0 Å². The predicted molar refractivity (Wildman–Crippen MR) is 57.5 cm³/mol. The van der Waals surface area contributed by atoms with E-state index < -0.39 is 0 Å². The minimum Gasteiger partial charge on any atom is -0.392 e. The molecule has 0 amide bonds. The van der Waals surface area contributed by atoms with Gasteiger partial charge in [0, 0.05) is 15.5 Å². The maximum Gasteiger partial charge on any atom is 0.0992 e. The zero-order valence-electron chi connectivity index (χ0n) is 7.12. The molecule has 0 spiro atoms. The summed E-state index contributed by atoms with van der Waals surface area (Å²) in [6.07, 6.45) is 0. The van der Waals surface area contributed by atoms with Crippen molar-refractivity contribution in [2.24, 2.45) is 0 Å². The molecule has 0 saturated heterocycles. The summed E-state index contributed by atoms with van der Waals surface area (Å²) in [4.78, 5) is 0. The number of nitrogens with zero attached hydrogens (tertiary/aromatic N) is 1. The van der Waals surface area contributed by atoms with E-state index in [1.54, 1.807) is 12.1 Å². The second-order valence-corrected chi connectivity index (χ2v) is 4.18. The van der Waals surface area contributed by atoms with Crippen LogP contribution in [0.3, 0.4) is 0 Å². The molecule has 1 aromatic heterocycles. The summed E-state index contributed by atoms with van der Waals surface area (Å²) >= 11 is 7.45. The average Bonchev–Trinajstić information content (AvgIpc) is 2.59. The van der Waals surface area contributed by atoms with Crippen molar-refractivity contribution in [2.45, 2.75) is 6.61 Å². The Kier molecular flexibility index (Phi) is 2.42. The Morgan fingerprint density at radius 2 is 2.29 bits per heavy atom. The highest BCUT2D eigenvalue weighted by Crippen LogP contribution is 2.33. The van der Waals surface area contributed by atoms with Crippen LogP contribution in [0, 0.1) is 11.3 Å². The van der Waals surface area contributed by atoms with E-state index in [4.69, 9.17) is 22.0 Å². The van der Waals surface area contributed by atoms with Crippen molar-refractivity contribution < 1.29 is 5.11 Å². The third-order valence-electron chi connectivity index (χ3n) is 2.01. The molecule has 14 heavy (non-hydrogen) atoms. The summed E-state index contributed by atoms with van der Waals surface area (Å²) in [7, 11) is 0. The van der Waals surface area contributed by atoms with Gasteiger partial charge in [-0.25, -0.2) is 0 Å². The monoisotopic (exact) mass is 223 g/mol. The number of thiophene rings is 1. The van der Waals surface area contributed by atoms with E-state index in [0.717, 1.165) is 10.1 Å². The molecular formula is C10H6ClNOS. The smallest absolute Gasteiger partial charge is 0.0992 e. The van der Waals surface area contributed by atoms with E-state index in [1.165, 1.54) is 11.3 Å². The van der Waals surface area contributed by atoms with Crippen LogP contribution >= 0.6 is 22.9 Å². The molecule has 0 aliphatic carbocycles. The van der Waals surface area contributed by atoms with Crippen molar-refractivity contribution >= 4 is 33.0 Å². The molecule has 0 bridgehead atoms. The molecule has 0 saturated carbocycles. The molecule has 0 aliphatic heterocycles. The van der Waals surface area contributed by atoms with Crippen LogP contribution in [0.4, 0.5) is 0 Å². The van der Waals surface area contributed by atoms with Gasteiger partial charge in [0.2, 0.25) is 0 Å². The first-order chi connectivity index (χ1) is 6.76. The molecule has 1 heterocycles. The number of halogens is 1. The number of aliphatic hydroxyl groups excluding tert-OH is 1. The van der Waals surface area contributed by atoms with Gasteiger partial charge in [0.1, 0.15) is 0 Å². The topological polar surface area (TPSA) is 44.0 Å². The van der Waals surface area contributed by atoms with Crippen molar-refractivity contribution in [3.63, 3.8) is 0 Å². The van der Waals surface area contributed by atoms with Crippen LogP contribution in [0.15, 0.2) is 17.5 Å². The van der Waals surface area contributed by atoms with E-state index in [1.807, 2.05) is 5.38 Å². The lowest BCUT2D eigenvalue weighted by atomic mass is 10.1. The first kappa shape index (κ1) is 9.47. The molecule has 0 unspecified atom stereocenters. The minimum atomic E-state index is -0.0948. The van der Waals surface area contributed by atoms with Gasteiger partial charge in [0.05, 0.1) is 23.3 Å². The molecule has 0 fully saturated rings. The highest BCUT2D eigenvalue weighted by molar-refractivity contribution is 7.17. The number of aliphatic hydroxyl groups is 1. The maximum atomic E-state index is 9.13. The minimum absolute atomic E-state index is 0.0948. The summed E-state index contributed by atoms with van der Waals surface area (Å²) in [5, 5.41) is 21.2. The first-order valence-corrected chi connectivity index (χ1v) is 5.22. The Hall–Kier alpha value is -1.08. The van der Waals surface area contributed by atoms with Gasteiger partial charge in [-0.1, -0.05) is 11.6 Å². The van der Waals surface area contributed by atoms with Crippen LogP contribution < -0.4 is 0 Å². The summed E-state index contributed by atoms with van der Waals surface area (Å²) in [5.74, 6) is 0. The highest BCUT2D eigenvalue weighted by Gasteiger charge is 2.08. The zero-order chi connectivity index (χ0) is 10.1. The lowest BCUT2D eigenvalue weighted by Gasteiger charge is -2.00. The SMILES string of the molecule is N#Cc1cc(CO)c2c(Cl)csc2c1. The fraction of sp³-hybridized carbons (Fsp3) is 0.100. The van der Waals surface area contributed by atoms with E-state index in [9.17, 15) is 0 Å². The fourth-order valence-electron chi connectivity index (χ4n) is 1.40. The predicted octanol–water partition coefficient (Wildman–Crippen LogP) is 2.92. The summed E-state index contributed by atoms with van der Waals surface area (Å²) in [6, 6.07) is 5.51. The second-order valence-electron chi connectivity index (χ2n) is 2.86. The molecule has 1 aromatic carbocycles. The van der Waals surface area contributed by atoms with Crippen molar-refractivity contribution in [1.82, 2.24) is 0 Å². The Morgan fingerprint density at radius 1 is 1.50 bits per heavy atom. The molecular weight excluding hydrogens is 218 g/mol. The standard InChI is InChI=1S/C10H6ClNOS/c11-8-5-14-9-2-6(3-12)1-7(4-13)10(8)9/h1-2,5,13H,4H2. The lowest BCUT2D eigenvalue weighted by molar-refractivity contribution is 0.283. The first-order valence-electron chi connectivity index (χ1n) is 3.97. The maximum absolute atomic E-state index is 9.13. The second kappa shape index (κ2) is 3.58. The lowest BCUT2D eigenvalue weighted by Crippen LogP contribution is -1.86. The van der Waals surface area contributed by atoms with Crippen molar-refractivity contribution in [1.29, 1.82) is 5.26 Å². The molecule has 4 heteroatoms. The van der Waals surface area contributed by atoms with Gasteiger partial charge < -0.3 is 5.11 Å². The van der Waals surface area contributed by atoms with Gasteiger partial charge in [-0.3, -0.25) is 0 Å². The number of nitriles is 1. The van der Waals surface area contributed by atoms with Gasteiger partial charge in [-0.2, -0.15) is 5.26 Å². The van der Waals surface area contributed by atoms with Crippen molar-refractivity contribution in [3.8, 4) is 6.07 Å². The van der Waals surface area contributed by atoms with Crippen LogP contribution in [-0.4, -0.2) is 5.11 Å². The third-order valence-corrected chi connectivity index (χ3v) is 3.37. The summed E-state index contributed by atoms with van der Waals surface area (Å²) in [5.41, 5.74) is 1.27. The van der Waals surface area contributed by atoms with Crippen LogP contribution in [0.2, 0.25) is 5.02 Å². The largest absolute Gasteiger partial charge is 0.392 e. The van der Waals surface area contributed by atoms with Gasteiger partial charge in [0.15, 0.2) is 0 Å². The normalized spacial score (nSPS) is 10.4. The van der Waals surface area contributed by atoms with Crippen LogP contribution in [0.5, 0.6) is 0 Å². The van der Waals surface area contributed by atoms with Crippen LogP contribution in [0.25, 0.3) is 10.1 Å². The Bertz CT molecular complexity index is 527. The highest BCUT2D eigenvalue weighted by atomic mass is 35.5. The number of fused-ring (bicyclic) bond motifs is 1. The summed E-state index contributed by atoms with van der Waals surface area (Å²) in [6.45, 7) is -0.0948. The third kappa shape index (κ3) is 1.38. The van der Waals surface area contributed by atoms with E-state index in [0.29, 0.717) is 16.1 Å². The Labute approximate surface area is 90.0 Å². The average molecular weight is 224 g/mol. The molecule has 2 rings (SSSR count). The molecule has 2 aromatic rings. The zero-order valence-corrected chi connectivity index (χ0v) is 8.69. The van der Waals surface area contributed by atoms with Gasteiger partial charge in [-0.15, -0.1) is 11.3 Å². The Balaban J connectivity index is 2.84. The van der Waals surface area contributed by atoms with E-state index >= 15 is 0 Å². The molecule has 2 nitrogen and oxygen atoms in total. The van der Waals surface area contributed by atoms with E-state index in [-0.39, 0.29) is 6.61 Å². The van der Waals surface area contributed by atoms with E-state index in [2.05, 4.69) is 6.07 Å². The molecule has 70 valence electrons. The molecule has 0 aliphatic rings. The van der Waals surface area contributed by atoms with Crippen molar-refractivity contribution in [2.75, 3.05) is 0 Å². The van der Waals surface area contributed by atoms with Crippen LogP contribution in [0.1, 0.15) is 11.1 Å². The quantitative estimate of drug-likeness (QED) is 0.808. The van der Waals surface area contributed by atoms with Crippen LogP contribution in [-0.2, 0) is 6.61 Å². The fourth-order valence-corrected chi connectivity index (χ4v) is 2.72. The number of rotatable bonds is 1. The number of hydrogen-bond donors (Lipinski definition) is 1.